The lowest BCUT2D eigenvalue weighted by Gasteiger charge is -2.14. The van der Waals surface area contributed by atoms with Crippen molar-refractivity contribution in [3.8, 4) is 5.75 Å². The summed E-state index contributed by atoms with van der Waals surface area (Å²) in [6.07, 6.45) is -7.67. The molecule has 0 saturated carbocycles. The Labute approximate surface area is 105 Å². The Morgan fingerprint density at radius 3 is 2.38 bits per heavy atom. The minimum Gasteiger partial charge on any atom is -0.404 e. The van der Waals surface area contributed by atoms with E-state index in [1.165, 1.54) is 22.6 Å². The summed E-state index contributed by atoms with van der Waals surface area (Å²) in [7, 11) is 0. The predicted octanol–water partition coefficient (Wildman–Crippen LogP) is 4.18. The van der Waals surface area contributed by atoms with Crippen molar-refractivity contribution in [3.05, 3.63) is 20.5 Å². The normalized spacial score (nSPS) is 12.0. The molecule has 9 heteroatoms. The van der Waals surface area contributed by atoms with E-state index in [-0.39, 0.29) is 8.72 Å². The maximum absolute atomic E-state index is 12.5. The first-order chi connectivity index (χ1) is 7.22. The van der Waals surface area contributed by atoms with Crippen LogP contribution in [-0.2, 0) is 0 Å². The summed E-state index contributed by atoms with van der Waals surface area (Å²) in [6, 6.07) is 0. The number of aromatic nitrogens is 1. The topological polar surface area (TPSA) is 22.1 Å². The molecule has 0 atom stereocenters. The summed E-state index contributed by atoms with van der Waals surface area (Å²) in [5.74, 6) is -1.05. The number of nitrogens with zero attached hydrogens (tertiary/aromatic N) is 1. The van der Waals surface area contributed by atoms with Crippen molar-refractivity contribution in [2.45, 2.75) is 12.8 Å². The minimum absolute atomic E-state index is 0.268. The summed E-state index contributed by atoms with van der Waals surface area (Å²) in [4.78, 5) is 3.31. The molecule has 0 aromatic carbocycles. The van der Waals surface area contributed by atoms with Gasteiger partial charge in [-0.05, 0) is 22.6 Å². The molecule has 0 aliphatic heterocycles. The minimum atomic E-state index is -5.05. The summed E-state index contributed by atoms with van der Waals surface area (Å²) in [5, 5.41) is -0.301. The molecule has 1 heterocycles. The third kappa shape index (κ3) is 3.30. The second-order valence-electron chi connectivity index (χ2n) is 2.49. The van der Waals surface area contributed by atoms with E-state index in [0.717, 1.165) is 0 Å². The fraction of sp³-hybridized carbons (Fsp3) is 0.286. The Morgan fingerprint density at radius 2 is 1.94 bits per heavy atom. The average Bonchev–Trinajstić information content (AvgIpc) is 2.08. The van der Waals surface area contributed by atoms with Crippen molar-refractivity contribution in [3.63, 3.8) is 0 Å². The van der Waals surface area contributed by atoms with Crippen molar-refractivity contribution in [2.75, 3.05) is 0 Å². The third-order valence-electron chi connectivity index (χ3n) is 1.42. The van der Waals surface area contributed by atoms with Gasteiger partial charge in [0.15, 0.2) is 5.75 Å². The van der Waals surface area contributed by atoms with Gasteiger partial charge in [0.1, 0.15) is 5.15 Å². The molecule has 1 aromatic heterocycles. The molecular formula is C7H2ClF5INO. The molecule has 0 bridgehead atoms. The molecule has 0 fully saturated rings. The van der Waals surface area contributed by atoms with Crippen molar-refractivity contribution in [1.29, 1.82) is 0 Å². The highest BCUT2D eigenvalue weighted by Gasteiger charge is 2.34. The maximum Gasteiger partial charge on any atom is 0.573 e. The van der Waals surface area contributed by atoms with E-state index in [2.05, 4.69) is 9.72 Å². The number of alkyl halides is 5. The predicted molar refractivity (Wildman–Crippen MR) is 53.6 cm³/mol. The van der Waals surface area contributed by atoms with Gasteiger partial charge in [-0.15, -0.1) is 13.2 Å². The van der Waals surface area contributed by atoms with Gasteiger partial charge in [0.05, 0.1) is 15.3 Å². The molecule has 1 rings (SSSR count). The fourth-order valence-corrected chi connectivity index (χ4v) is 1.66. The van der Waals surface area contributed by atoms with E-state index >= 15 is 0 Å². The molecular weight excluding hydrogens is 371 g/mol. The Morgan fingerprint density at radius 1 is 1.38 bits per heavy atom. The van der Waals surface area contributed by atoms with Gasteiger partial charge in [-0.2, -0.15) is 0 Å². The van der Waals surface area contributed by atoms with E-state index in [1.54, 1.807) is 0 Å². The first kappa shape index (κ1) is 13.7. The number of rotatable bonds is 2. The van der Waals surface area contributed by atoms with Crippen LogP contribution in [0.4, 0.5) is 22.0 Å². The van der Waals surface area contributed by atoms with Crippen LogP contribution in [0, 0.1) is 3.57 Å². The van der Waals surface area contributed by atoms with Crippen molar-refractivity contribution in [1.82, 2.24) is 4.98 Å². The highest BCUT2D eigenvalue weighted by Crippen LogP contribution is 2.37. The molecule has 0 amide bonds. The lowest BCUT2D eigenvalue weighted by Crippen LogP contribution is -2.19. The van der Waals surface area contributed by atoms with Gasteiger partial charge in [0.25, 0.3) is 6.43 Å². The number of hydrogen-bond acceptors (Lipinski definition) is 2. The van der Waals surface area contributed by atoms with Crippen LogP contribution in [0.5, 0.6) is 5.75 Å². The first-order valence-corrected chi connectivity index (χ1v) is 5.06. The Hall–Kier alpha value is -0.380. The Bertz CT molecular complexity index is 397. The monoisotopic (exact) mass is 373 g/mol. The molecule has 1 aromatic rings. The molecule has 0 N–H and O–H groups in total. The van der Waals surface area contributed by atoms with Crippen molar-refractivity contribution in [2.24, 2.45) is 0 Å². The lowest BCUT2D eigenvalue weighted by molar-refractivity contribution is -0.275. The van der Waals surface area contributed by atoms with E-state index < -0.39 is 24.1 Å². The van der Waals surface area contributed by atoms with Gasteiger partial charge in [-0.3, -0.25) is 0 Å². The maximum atomic E-state index is 12.5. The van der Waals surface area contributed by atoms with Gasteiger partial charge in [0, 0.05) is 0 Å². The van der Waals surface area contributed by atoms with E-state index in [9.17, 15) is 22.0 Å². The van der Waals surface area contributed by atoms with Crippen molar-refractivity contribution < 1.29 is 26.7 Å². The van der Waals surface area contributed by atoms with Crippen LogP contribution in [0.25, 0.3) is 0 Å². The lowest BCUT2D eigenvalue weighted by atomic mass is 10.2. The largest absolute Gasteiger partial charge is 0.573 e. The van der Waals surface area contributed by atoms with Crippen LogP contribution in [-0.4, -0.2) is 11.3 Å². The SMILES string of the molecule is FC(F)c1c(OC(F)(F)F)cnc(Cl)c1I. The van der Waals surface area contributed by atoms with Crippen molar-refractivity contribution >= 4 is 34.2 Å². The first-order valence-electron chi connectivity index (χ1n) is 3.60. The Kier molecular flexibility index (Phi) is 4.16. The molecule has 0 unspecified atom stereocenters. The summed E-state index contributed by atoms with van der Waals surface area (Å²) in [6.45, 7) is 0. The fourth-order valence-electron chi connectivity index (χ4n) is 0.870. The molecule has 0 aliphatic rings. The number of halogens is 7. The second-order valence-corrected chi connectivity index (χ2v) is 3.93. The summed E-state index contributed by atoms with van der Waals surface area (Å²) >= 11 is 6.79. The smallest absolute Gasteiger partial charge is 0.404 e. The van der Waals surface area contributed by atoms with E-state index in [1.807, 2.05) is 0 Å². The molecule has 16 heavy (non-hydrogen) atoms. The molecule has 0 radical (unpaired) electrons. The zero-order valence-electron chi connectivity index (χ0n) is 7.16. The van der Waals surface area contributed by atoms with Crippen LogP contribution in [0.1, 0.15) is 12.0 Å². The number of hydrogen-bond donors (Lipinski definition) is 0. The second kappa shape index (κ2) is 4.86. The quantitative estimate of drug-likeness (QED) is 0.441. The Balaban J connectivity index is 3.24. The van der Waals surface area contributed by atoms with Gasteiger partial charge in [-0.25, -0.2) is 13.8 Å². The van der Waals surface area contributed by atoms with Gasteiger partial charge in [-0.1, -0.05) is 11.6 Å². The third-order valence-corrected chi connectivity index (χ3v) is 3.12. The summed E-state index contributed by atoms with van der Waals surface area (Å²) in [5.41, 5.74) is -0.919. The average molecular weight is 373 g/mol. The molecule has 2 nitrogen and oxygen atoms in total. The zero-order chi connectivity index (χ0) is 12.5. The van der Waals surface area contributed by atoms with Crippen LogP contribution in [0.3, 0.4) is 0 Å². The highest BCUT2D eigenvalue weighted by atomic mass is 127. The van der Waals surface area contributed by atoms with Crippen LogP contribution in [0.15, 0.2) is 6.20 Å². The van der Waals surface area contributed by atoms with Crippen LogP contribution >= 0.6 is 34.2 Å². The summed E-state index contributed by atoms with van der Waals surface area (Å²) < 4.78 is 63.8. The van der Waals surface area contributed by atoms with Crippen LogP contribution < -0.4 is 4.74 Å². The van der Waals surface area contributed by atoms with Gasteiger partial charge in [0.2, 0.25) is 0 Å². The van der Waals surface area contributed by atoms with E-state index in [4.69, 9.17) is 11.6 Å². The zero-order valence-corrected chi connectivity index (χ0v) is 10.1. The number of ether oxygens (including phenoxy) is 1. The van der Waals surface area contributed by atoms with E-state index in [0.29, 0.717) is 6.20 Å². The molecule has 0 saturated heterocycles. The van der Waals surface area contributed by atoms with Crippen LogP contribution in [0.2, 0.25) is 5.15 Å². The van der Waals surface area contributed by atoms with Gasteiger partial charge < -0.3 is 4.74 Å². The standard InChI is InChI=1S/C7H2ClF5INO/c8-5-4(14)3(6(9)10)2(1-15-5)16-7(11,12)13/h1,6H. The van der Waals surface area contributed by atoms with Gasteiger partial charge >= 0.3 is 6.36 Å². The molecule has 0 aliphatic carbocycles. The molecule has 90 valence electrons. The highest BCUT2D eigenvalue weighted by molar-refractivity contribution is 14.1. The number of pyridine rings is 1. The molecule has 0 spiro atoms.